The molecule has 0 aromatic heterocycles. The molecule has 0 aromatic rings. The van der Waals surface area contributed by atoms with Gasteiger partial charge in [0.2, 0.25) is 0 Å². The van der Waals surface area contributed by atoms with Crippen LogP contribution in [-0.2, 0) is 4.79 Å². The molecule has 0 aliphatic carbocycles. The number of hydrogen-bond acceptors (Lipinski definition) is 3. The van der Waals surface area contributed by atoms with Gasteiger partial charge >= 0.3 is 12.1 Å². The summed E-state index contributed by atoms with van der Waals surface area (Å²) in [5.41, 5.74) is 7.08. The van der Waals surface area contributed by atoms with Crippen molar-refractivity contribution in [2.24, 2.45) is 11.5 Å². The summed E-state index contributed by atoms with van der Waals surface area (Å²) < 4.78 is 35.3. The lowest BCUT2D eigenvalue weighted by molar-refractivity contribution is -0.132. The SMILES string of the molecule is N/C=C(\C=C(/N)C(F)(F)F)C(=O)O. The molecule has 0 bridgehead atoms. The number of halogens is 3. The number of nitrogens with two attached hydrogens (primary N) is 2. The van der Waals surface area contributed by atoms with Gasteiger partial charge in [-0.15, -0.1) is 0 Å². The highest BCUT2D eigenvalue weighted by atomic mass is 19.4. The Labute approximate surface area is 71.3 Å². The molecule has 4 nitrogen and oxygen atoms in total. The quantitative estimate of drug-likeness (QED) is 0.438. The van der Waals surface area contributed by atoms with Crippen molar-refractivity contribution in [3.8, 4) is 0 Å². The molecular formula is C6H7F3N2O2. The molecule has 0 saturated heterocycles. The monoisotopic (exact) mass is 196 g/mol. The van der Waals surface area contributed by atoms with Crippen LogP contribution in [-0.4, -0.2) is 17.3 Å². The second-order valence-corrected chi connectivity index (χ2v) is 2.02. The van der Waals surface area contributed by atoms with Gasteiger partial charge in [0.05, 0.1) is 5.57 Å². The van der Waals surface area contributed by atoms with Crippen LogP contribution in [0.5, 0.6) is 0 Å². The Bertz CT molecular complexity index is 268. The Hall–Kier alpha value is -1.66. The zero-order chi connectivity index (χ0) is 10.6. The number of carboxylic acids is 1. The van der Waals surface area contributed by atoms with Crippen molar-refractivity contribution in [2.75, 3.05) is 0 Å². The van der Waals surface area contributed by atoms with E-state index in [2.05, 4.69) is 5.73 Å². The Balaban J connectivity index is 4.85. The van der Waals surface area contributed by atoms with E-state index in [1.54, 1.807) is 0 Å². The lowest BCUT2D eigenvalue weighted by Crippen LogP contribution is -2.20. The molecule has 0 amide bonds. The van der Waals surface area contributed by atoms with Crippen LogP contribution in [0, 0.1) is 0 Å². The fourth-order valence-corrected chi connectivity index (χ4v) is 0.431. The maximum absolute atomic E-state index is 11.8. The molecule has 0 unspecified atom stereocenters. The lowest BCUT2D eigenvalue weighted by atomic mass is 10.2. The third kappa shape index (κ3) is 3.50. The highest BCUT2D eigenvalue weighted by Crippen LogP contribution is 2.22. The summed E-state index contributed by atoms with van der Waals surface area (Å²) in [7, 11) is 0. The van der Waals surface area contributed by atoms with Gasteiger partial charge in [-0.05, 0) is 6.08 Å². The van der Waals surface area contributed by atoms with Crippen LogP contribution >= 0.6 is 0 Å². The van der Waals surface area contributed by atoms with Crippen LogP contribution < -0.4 is 11.5 Å². The van der Waals surface area contributed by atoms with Gasteiger partial charge in [-0.2, -0.15) is 13.2 Å². The summed E-state index contributed by atoms with van der Waals surface area (Å²) >= 11 is 0. The van der Waals surface area contributed by atoms with Gasteiger partial charge in [0.1, 0.15) is 5.70 Å². The molecule has 7 heteroatoms. The molecule has 0 saturated carbocycles. The first-order valence-electron chi connectivity index (χ1n) is 2.98. The Morgan fingerprint density at radius 1 is 1.38 bits per heavy atom. The molecule has 0 fully saturated rings. The number of hydrogen-bond donors (Lipinski definition) is 3. The average Bonchev–Trinajstić information content (AvgIpc) is 1.96. The van der Waals surface area contributed by atoms with E-state index in [1.165, 1.54) is 0 Å². The largest absolute Gasteiger partial charge is 0.478 e. The fourth-order valence-electron chi connectivity index (χ4n) is 0.431. The van der Waals surface area contributed by atoms with Crippen molar-refractivity contribution >= 4 is 5.97 Å². The smallest absolute Gasteiger partial charge is 0.430 e. The number of allylic oxidation sites excluding steroid dienone is 1. The molecule has 0 heterocycles. The van der Waals surface area contributed by atoms with Crippen LogP contribution in [0.4, 0.5) is 13.2 Å². The first-order chi connectivity index (χ1) is 5.79. The highest BCUT2D eigenvalue weighted by Gasteiger charge is 2.31. The summed E-state index contributed by atoms with van der Waals surface area (Å²) in [6.45, 7) is 0. The van der Waals surface area contributed by atoms with E-state index in [-0.39, 0.29) is 6.08 Å². The van der Waals surface area contributed by atoms with E-state index in [0.29, 0.717) is 6.20 Å². The molecule has 0 aliphatic rings. The van der Waals surface area contributed by atoms with E-state index in [1.807, 2.05) is 0 Å². The zero-order valence-electron chi connectivity index (χ0n) is 6.30. The van der Waals surface area contributed by atoms with E-state index in [0.717, 1.165) is 0 Å². The summed E-state index contributed by atoms with van der Waals surface area (Å²) in [5.74, 6) is -1.57. The number of carbonyl (C=O) groups is 1. The number of carboxylic acid groups (broad SMARTS) is 1. The predicted octanol–water partition coefficient (Wildman–Crippen LogP) is 0.319. The minimum Gasteiger partial charge on any atom is -0.478 e. The van der Waals surface area contributed by atoms with Crippen LogP contribution in [0.3, 0.4) is 0 Å². The molecule has 0 aromatic carbocycles. The van der Waals surface area contributed by atoms with Gasteiger partial charge < -0.3 is 16.6 Å². The Morgan fingerprint density at radius 3 is 2.08 bits per heavy atom. The molecule has 0 atom stereocenters. The zero-order valence-corrected chi connectivity index (χ0v) is 6.30. The number of alkyl halides is 3. The van der Waals surface area contributed by atoms with Crippen LogP contribution in [0.2, 0.25) is 0 Å². The van der Waals surface area contributed by atoms with Crippen LogP contribution in [0.1, 0.15) is 0 Å². The van der Waals surface area contributed by atoms with E-state index in [4.69, 9.17) is 10.8 Å². The molecular weight excluding hydrogens is 189 g/mol. The molecule has 0 rings (SSSR count). The van der Waals surface area contributed by atoms with E-state index < -0.39 is 23.4 Å². The van der Waals surface area contributed by atoms with E-state index in [9.17, 15) is 18.0 Å². The number of aliphatic carboxylic acids is 1. The molecule has 13 heavy (non-hydrogen) atoms. The van der Waals surface area contributed by atoms with Gasteiger partial charge in [0.15, 0.2) is 0 Å². The van der Waals surface area contributed by atoms with Crippen molar-refractivity contribution in [3.05, 3.63) is 23.5 Å². The fraction of sp³-hybridized carbons (Fsp3) is 0.167. The maximum Gasteiger partial charge on any atom is 0.430 e. The molecule has 74 valence electrons. The first-order valence-corrected chi connectivity index (χ1v) is 2.98. The molecule has 0 spiro atoms. The molecule has 0 radical (unpaired) electrons. The van der Waals surface area contributed by atoms with Crippen molar-refractivity contribution in [3.63, 3.8) is 0 Å². The lowest BCUT2D eigenvalue weighted by Gasteiger charge is -2.05. The summed E-state index contributed by atoms with van der Waals surface area (Å²) in [6, 6.07) is 0. The average molecular weight is 196 g/mol. The van der Waals surface area contributed by atoms with Crippen molar-refractivity contribution in [1.82, 2.24) is 0 Å². The normalized spacial score (nSPS) is 14.4. The third-order valence-electron chi connectivity index (χ3n) is 1.06. The summed E-state index contributed by atoms with van der Waals surface area (Å²) in [5, 5.41) is 8.27. The van der Waals surface area contributed by atoms with Crippen molar-refractivity contribution in [1.29, 1.82) is 0 Å². The van der Waals surface area contributed by atoms with Crippen molar-refractivity contribution < 1.29 is 23.1 Å². The van der Waals surface area contributed by atoms with Gasteiger partial charge in [0, 0.05) is 6.20 Å². The summed E-state index contributed by atoms with van der Waals surface area (Å²) in [4.78, 5) is 10.2. The van der Waals surface area contributed by atoms with Gasteiger partial charge in [-0.3, -0.25) is 0 Å². The standard InChI is InChI=1S/C6H7F3N2O2/c7-6(8,9)4(11)1-3(2-10)5(12)13/h1-2H,10-11H2,(H,12,13)/b3-2+,4-1-. The highest BCUT2D eigenvalue weighted by molar-refractivity contribution is 5.89. The minimum atomic E-state index is -4.75. The predicted molar refractivity (Wildman–Crippen MR) is 38.2 cm³/mol. The Kier molecular flexibility index (Phi) is 3.34. The van der Waals surface area contributed by atoms with E-state index >= 15 is 0 Å². The minimum absolute atomic E-state index is 0.252. The first kappa shape index (κ1) is 11.3. The second kappa shape index (κ2) is 3.83. The van der Waals surface area contributed by atoms with Gasteiger partial charge in [0.25, 0.3) is 0 Å². The Morgan fingerprint density at radius 2 is 1.85 bits per heavy atom. The topological polar surface area (TPSA) is 89.3 Å². The van der Waals surface area contributed by atoms with Crippen molar-refractivity contribution in [2.45, 2.75) is 6.18 Å². The molecule has 5 N–H and O–H groups in total. The number of rotatable bonds is 2. The second-order valence-electron chi connectivity index (χ2n) is 2.02. The molecule has 0 aliphatic heterocycles. The van der Waals surface area contributed by atoms with Gasteiger partial charge in [-0.1, -0.05) is 0 Å². The van der Waals surface area contributed by atoms with Crippen LogP contribution in [0.25, 0.3) is 0 Å². The van der Waals surface area contributed by atoms with Gasteiger partial charge in [-0.25, -0.2) is 4.79 Å². The third-order valence-corrected chi connectivity index (χ3v) is 1.06. The maximum atomic E-state index is 11.8. The summed E-state index contributed by atoms with van der Waals surface area (Å²) in [6.07, 6.45) is -3.97. The van der Waals surface area contributed by atoms with Crippen LogP contribution in [0.15, 0.2) is 23.5 Å².